The fraction of sp³-hybridized carbons (Fsp3) is 0.368. The molecule has 2 aromatic rings. The summed E-state index contributed by atoms with van der Waals surface area (Å²) >= 11 is 1.67. The van der Waals surface area contributed by atoms with Crippen molar-refractivity contribution < 1.29 is 9.59 Å². The van der Waals surface area contributed by atoms with Crippen LogP contribution in [0.5, 0.6) is 0 Å². The Kier molecular flexibility index (Phi) is 5.71. The van der Waals surface area contributed by atoms with E-state index in [0.717, 1.165) is 19.4 Å². The number of nitrogens with zero attached hydrogens (tertiary/aromatic N) is 1. The Morgan fingerprint density at radius 1 is 1.16 bits per heavy atom. The molecule has 1 aliphatic heterocycles. The number of fused-ring (bicyclic) bond motifs is 1. The van der Waals surface area contributed by atoms with E-state index >= 15 is 0 Å². The molecule has 0 unspecified atom stereocenters. The van der Waals surface area contributed by atoms with Crippen molar-refractivity contribution in [3.8, 4) is 0 Å². The molecule has 5 nitrogen and oxygen atoms in total. The maximum absolute atomic E-state index is 12.0. The zero-order valence-electron chi connectivity index (χ0n) is 14.3. The van der Waals surface area contributed by atoms with E-state index in [1.807, 2.05) is 24.4 Å². The van der Waals surface area contributed by atoms with Crippen LogP contribution in [0.4, 0.5) is 5.69 Å². The molecule has 1 aliphatic rings. The third-order valence-electron chi connectivity index (χ3n) is 4.37. The minimum atomic E-state index is -0.567. The van der Waals surface area contributed by atoms with E-state index < -0.39 is 11.8 Å². The number of benzene rings is 1. The number of nitrogens with one attached hydrogen (secondary N) is 2. The van der Waals surface area contributed by atoms with Crippen LogP contribution >= 0.6 is 11.3 Å². The highest BCUT2D eigenvalue weighted by atomic mass is 32.1. The van der Waals surface area contributed by atoms with Gasteiger partial charge in [-0.1, -0.05) is 31.2 Å². The highest BCUT2D eigenvalue weighted by molar-refractivity contribution is 7.10. The number of carbonyl (C=O) groups excluding carboxylic acids is 2. The molecule has 2 amide bonds. The lowest BCUT2D eigenvalue weighted by Gasteiger charge is -2.30. The summed E-state index contributed by atoms with van der Waals surface area (Å²) in [4.78, 5) is 27.3. The molecule has 132 valence electrons. The summed E-state index contributed by atoms with van der Waals surface area (Å²) in [6.07, 6.45) is 1.81. The number of amides is 2. The van der Waals surface area contributed by atoms with Gasteiger partial charge in [0, 0.05) is 30.2 Å². The maximum Gasteiger partial charge on any atom is 0.309 e. The minimum absolute atomic E-state index is 0.0339. The summed E-state index contributed by atoms with van der Waals surface area (Å²) in [5.74, 6) is -1.13. The summed E-state index contributed by atoms with van der Waals surface area (Å²) < 4.78 is 0. The van der Waals surface area contributed by atoms with E-state index in [9.17, 15) is 9.59 Å². The maximum atomic E-state index is 12.0. The monoisotopic (exact) mass is 357 g/mol. The summed E-state index contributed by atoms with van der Waals surface area (Å²) in [5, 5.41) is 7.46. The molecule has 0 saturated heterocycles. The molecule has 0 fully saturated rings. The number of para-hydroxylation sites is 1. The third-order valence-corrected chi connectivity index (χ3v) is 5.34. The molecule has 1 aromatic heterocycles. The van der Waals surface area contributed by atoms with Crippen molar-refractivity contribution in [3.63, 3.8) is 0 Å². The third kappa shape index (κ3) is 4.02. The summed E-state index contributed by atoms with van der Waals surface area (Å²) in [6.45, 7) is 3.79. The van der Waals surface area contributed by atoms with Gasteiger partial charge in [0.15, 0.2) is 0 Å². The molecular formula is C19H23N3O2S. The van der Waals surface area contributed by atoms with Crippen LogP contribution in [0.15, 0.2) is 41.8 Å². The standard InChI is InChI=1S/C19H23N3O2S/c1-2-10-20-18(23)19(24)21-13-16(17-8-5-12-25-17)22-11-9-14-6-3-4-7-15(14)22/h3-8,12,16H,2,9-11,13H2,1H3,(H,20,23)(H,21,24)/t16-/m1/s1. The van der Waals surface area contributed by atoms with Crippen molar-refractivity contribution in [1.29, 1.82) is 0 Å². The second kappa shape index (κ2) is 8.16. The van der Waals surface area contributed by atoms with Crippen LogP contribution in [0.25, 0.3) is 0 Å². The van der Waals surface area contributed by atoms with Crippen molar-refractivity contribution in [3.05, 3.63) is 52.2 Å². The first-order valence-corrected chi connectivity index (χ1v) is 9.52. The second-order valence-corrected chi connectivity index (χ2v) is 7.05. The average molecular weight is 357 g/mol. The normalized spacial score (nSPS) is 14.0. The van der Waals surface area contributed by atoms with E-state index in [4.69, 9.17) is 0 Å². The van der Waals surface area contributed by atoms with Crippen molar-refractivity contribution in [1.82, 2.24) is 10.6 Å². The van der Waals surface area contributed by atoms with Crippen molar-refractivity contribution in [2.75, 3.05) is 24.5 Å². The van der Waals surface area contributed by atoms with Crippen molar-refractivity contribution in [2.45, 2.75) is 25.8 Å². The van der Waals surface area contributed by atoms with E-state index in [1.54, 1.807) is 11.3 Å². The van der Waals surface area contributed by atoms with Gasteiger partial charge in [0.2, 0.25) is 0 Å². The lowest BCUT2D eigenvalue weighted by molar-refractivity contribution is -0.139. The van der Waals surface area contributed by atoms with Gasteiger partial charge in [-0.25, -0.2) is 0 Å². The Morgan fingerprint density at radius 3 is 2.72 bits per heavy atom. The van der Waals surface area contributed by atoms with Gasteiger partial charge in [-0.2, -0.15) is 0 Å². The summed E-state index contributed by atoms with van der Waals surface area (Å²) in [6, 6.07) is 12.5. The average Bonchev–Trinajstić information content (AvgIpc) is 3.30. The number of thiophene rings is 1. The predicted octanol–water partition coefficient (Wildman–Crippen LogP) is 2.49. The van der Waals surface area contributed by atoms with Crippen LogP contribution in [-0.2, 0) is 16.0 Å². The van der Waals surface area contributed by atoms with Gasteiger partial charge in [0.05, 0.1) is 6.04 Å². The fourth-order valence-electron chi connectivity index (χ4n) is 3.12. The van der Waals surface area contributed by atoms with Crippen LogP contribution < -0.4 is 15.5 Å². The van der Waals surface area contributed by atoms with Gasteiger partial charge >= 0.3 is 11.8 Å². The van der Waals surface area contributed by atoms with Gasteiger partial charge in [0.1, 0.15) is 0 Å². The molecule has 0 bridgehead atoms. The second-order valence-electron chi connectivity index (χ2n) is 6.07. The highest BCUT2D eigenvalue weighted by Crippen LogP contribution is 2.36. The quantitative estimate of drug-likeness (QED) is 0.781. The molecule has 3 rings (SSSR count). The zero-order chi connectivity index (χ0) is 17.6. The van der Waals surface area contributed by atoms with Crippen LogP contribution in [0, 0.1) is 0 Å². The lowest BCUT2D eigenvalue weighted by atomic mass is 10.1. The number of rotatable bonds is 6. The van der Waals surface area contributed by atoms with E-state index in [2.05, 4.69) is 39.8 Å². The molecule has 2 heterocycles. The number of hydrogen-bond donors (Lipinski definition) is 2. The van der Waals surface area contributed by atoms with E-state index in [1.165, 1.54) is 16.1 Å². The minimum Gasteiger partial charge on any atom is -0.361 e. The molecule has 2 N–H and O–H groups in total. The Balaban J connectivity index is 1.72. The molecule has 1 atom stereocenters. The summed E-state index contributed by atoms with van der Waals surface area (Å²) in [5.41, 5.74) is 2.54. The van der Waals surface area contributed by atoms with Crippen LogP contribution in [0.2, 0.25) is 0 Å². The SMILES string of the molecule is CCCNC(=O)C(=O)NC[C@H](c1cccs1)N1CCc2ccccc21. The largest absolute Gasteiger partial charge is 0.361 e. The van der Waals surface area contributed by atoms with E-state index in [-0.39, 0.29) is 6.04 Å². The Bertz CT molecular complexity index is 730. The first kappa shape index (κ1) is 17.5. The topological polar surface area (TPSA) is 61.4 Å². The molecular weight excluding hydrogens is 334 g/mol. The number of hydrogen-bond acceptors (Lipinski definition) is 4. The van der Waals surface area contributed by atoms with Crippen LogP contribution in [0.3, 0.4) is 0 Å². The molecule has 6 heteroatoms. The molecule has 25 heavy (non-hydrogen) atoms. The van der Waals surface area contributed by atoms with Crippen molar-refractivity contribution >= 4 is 28.8 Å². The molecule has 0 saturated carbocycles. The summed E-state index contributed by atoms with van der Waals surface area (Å²) in [7, 11) is 0. The fourth-order valence-corrected chi connectivity index (χ4v) is 3.96. The van der Waals surface area contributed by atoms with Crippen LogP contribution in [0.1, 0.15) is 29.8 Å². The molecule has 0 aliphatic carbocycles. The van der Waals surface area contributed by atoms with Gasteiger partial charge in [-0.05, 0) is 35.9 Å². The van der Waals surface area contributed by atoms with E-state index in [0.29, 0.717) is 13.1 Å². The lowest BCUT2D eigenvalue weighted by Crippen LogP contribution is -2.44. The molecule has 1 aromatic carbocycles. The Morgan fingerprint density at radius 2 is 1.96 bits per heavy atom. The number of anilines is 1. The van der Waals surface area contributed by atoms with Gasteiger partial charge in [-0.3, -0.25) is 9.59 Å². The zero-order valence-corrected chi connectivity index (χ0v) is 15.1. The van der Waals surface area contributed by atoms with Gasteiger partial charge in [-0.15, -0.1) is 11.3 Å². The molecule has 0 spiro atoms. The smallest absolute Gasteiger partial charge is 0.309 e. The molecule has 0 radical (unpaired) electrons. The first-order chi connectivity index (χ1) is 12.2. The Labute approximate surface area is 152 Å². The predicted molar refractivity (Wildman–Crippen MR) is 101 cm³/mol. The highest BCUT2D eigenvalue weighted by Gasteiger charge is 2.28. The Hall–Kier alpha value is -2.34. The van der Waals surface area contributed by atoms with Gasteiger partial charge in [0.25, 0.3) is 0 Å². The van der Waals surface area contributed by atoms with Crippen molar-refractivity contribution in [2.24, 2.45) is 0 Å². The first-order valence-electron chi connectivity index (χ1n) is 8.64. The van der Waals surface area contributed by atoms with Gasteiger partial charge < -0.3 is 15.5 Å². The van der Waals surface area contributed by atoms with Crippen LogP contribution in [-0.4, -0.2) is 31.4 Å². The number of carbonyl (C=O) groups is 2.